The summed E-state index contributed by atoms with van der Waals surface area (Å²) >= 11 is 0. The van der Waals surface area contributed by atoms with Gasteiger partial charge in [-0.3, -0.25) is 4.79 Å². The van der Waals surface area contributed by atoms with E-state index in [2.05, 4.69) is 12.1 Å². The minimum Gasteiger partial charge on any atom is -0.409 e. The molecule has 1 amide bonds. The molecular weight excluding hydrogens is 206 g/mol. The molecule has 3 N–H and O–H groups in total. The first-order valence-corrected chi connectivity index (χ1v) is 5.82. The lowest BCUT2D eigenvalue weighted by Crippen LogP contribution is -2.45. The second kappa shape index (κ2) is 5.18. The number of oxime groups is 1. The fourth-order valence-electron chi connectivity index (χ4n) is 2.31. The molecule has 1 saturated heterocycles. The first kappa shape index (κ1) is 12.8. The highest BCUT2D eigenvalue weighted by molar-refractivity contribution is 6.01. The fourth-order valence-corrected chi connectivity index (χ4v) is 2.31. The van der Waals surface area contributed by atoms with Crippen LogP contribution in [0.2, 0.25) is 0 Å². The van der Waals surface area contributed by atoms with Gasteiger partial charge in [-0.2, -0.15) is 0 Å². The SMILES string of the molecule is CCC1CCC(C)N1C(=O)C(C)C(N)=NO. The molecule has 1 aliphatic rings. The summed E-state index contributed by atoms with van der Waals surface area (Å²) in [5.74, 6) is -0.592. The van der Waals surface area contributed by atoms with Crippen LogP contribution >= 0.6 is 0 Å². The second-order valence-electron chi connectivity index (χ2n) is 4.48. The Morgan fingerprint density at radius 3 is 2.75 bits per heavy atom. The minimum absolute atomic E-state index is 0.0149. The third-order valence-electron chi connectivity index (χ3n) is 3.44. The fraction of sp³-hybridized carbons (Fsp3) is 0.818. The van der Waals surface area contributed by atoms with Gasteiger partial charge in [-0.25, -0.2) is 0 Å². The van der Waals surface area contributed by atoms with Gasteiger partial charge in [0.25, 0.3) is 0 Å². The van der Waals surface area contributed by atoms with Crippen LogP contribution in [-0.4, -0.2) is 33.9 Å². The van der Waals surface area contributed by atoms with Crippen LogP contribution in [0.1, 0.15) is 40.0 Å². The number of hydrogen-bond acceptors (Lipinski definition) is 3. The highest BCUT2D eigenvalue weighted by atomic mass is 16.4. The number of nitrogens with zero attached hydrogens (tertiary/aromatic N) is 2. The monoisotopic (exact) mass is 227 g/mol. The lowest BCUT2D eigenvalue weighted by atomic mass is 10.1. The average molecular weight is 227 g/mol. The lowest BCUT2D eigenvalue weighted by molar-refractivity contribution is -0.135. The van der Waals surface area contributed by atoms with Crippen molar-refractivity contribution in [3.8, 4) is 0 Å². The summed E-state index contributed by atoms with van der Waals surface area (Å²) in [5, 5.41) is 11.5. The Hall–Kier alpha value is -1.26. The van der Waals surface area contributed by atoms with Gasteiger partial charge in [-0.05, 0) is 33.1 Å². The lowest BCUT2D eigenvalue weighted by Gasteiger charge is -2.30. The first-order valence-electron chi connectivity index (χ1n) is 5.82. The summed E-state index contributed by atoms with van der Waals surface area (Å²) in [6.45, 7) is 5.80. The predicted octanol–water partition coefficient (Wildman–Crippen LogP) is 1.16. The Labute approximate surface area is 96.3 Å². The first-order chi connectivity index (χ1) is 7.52. The number of carbonyl (C=O) groups is 1. The summed E-state index contributed by atoms with van der Waals surface area (Å²) in [5.41, 5.74) is 5.47. The standard InChI is InChI=1S/C11H21N3O2/c1-4-9-6-5-7(2)14(9)11(15)8(3)10(12)13-16/h7-9,16H,4-6H2,1-3H3,(H2,12,13). The maximum absolute atomic E-state index is 12.2. The van der Waals surface area contributed by atoms with E-state index < -0.39 is 5.92 Å². The summed E-state index contributed by atoms with van der Waals surface area (Å²) in [6.07, 6.45) is 3.04. The molecule has 0 aromatic carbocycles. The Morgan fingerprint density at radius 2 is 2.25 bits per heavy atom. The van der Waals surface area contributed by atoms with Crippen LogP contribution in [0.4, 0.5) is 0 Å². The van der Waals surface area contributed by atoms with Crippen LogP contribution < -0.4 is 5.73 Å². The Kier molecular flexibility index (Phi) is 4.15. The molecular formula is C11H21N3O2. The molecule has 3 atom stereocenters. The highest BCUT2D eigenvalue weighted by Gasteiger charge is 2.36. The number of nitrogens with two attached hydrogens (primary N) is 1. The van der Waals surface area contributed by atoms with Crippen LogP contribution in [0.25, 0.3) is 0 Å². The van der Waals surface area contributed by atoms with E-state index in [0.29, 0.717) is 6.04 Å². The van der Waals surface area contributed by atoms with Crippen molar-refractivity contribution in [1.29, 1.82) is 0 Å². The molecule has 0 spiro atoms. The highest BCUT2D eigenvalue weighted by Crippen LogP contribution is 2.27. The largest absolute Gasteiger partial charge is 0.409 e. The van der Waals surface area contributed by atoms with Crippen LogP contribution in [0.15, 0.2) is 5.16 Å². The summed E-state index contributed by atoms with van der Waals surface area (Å²) in [7, 11) is 0. The van der Waals surface area contributed by atoms with Crippen molar-refractivity contribution >= 4 is 11.7 Å². The maximum Gasteiger partial charge on any atom is 0.233 e. The maximum atomic E-state index is 12.2. The number of amidine groups is 1. The molecule has 1 rings (SSSR count). The quantitative estimate of drug-likeness (QED) is 0.328. The van der Waals surface area contributed by atoms with Gasteiger partial charge in [-0.1, -0.05) is 12.1 Å². The van der Waals surface area contributed by atoms with Crippen molar-refractivity contribution in [2.75, 3.05) is 0 Å². The average Bonchev–Trinajstić information content (AvgIpc) is 2.67. The molecule has 1 aliphatic heterocycles. The normalized spacial score (nSPS) is 28.2. The van der Waals surface area contributed by atoms with Gasteiger partial charge in [-0.15, -0.1) is 0 Å². The molecule has 0 saturated carbocycles. The van der Waals surface area contributed by atoms with Crippen molar-refractivity contribution in [2.45, 2.75) is 52.1 Å². The summed E-state index contributed by atoms with van der Waals surface area (Å²) in [6, 6.07) is 0.558. The van der Waals surface area contributed by atoms with E-state index in [1.165, 1.54) is 0 Å². The Morgan fingerprint density at radius 1 is 1.62 bits per heavy atom. The molecule has 3 unspecified atom stereocenters. The smallest absolute Gasteiger partial charge is 0.233 e. The van der Waals surface area contributed by atoms with Gasteiger partial charge in [0.1, 0.15) is 0 Å². The van der Waals surface area contributed by atoms with Gasteiger partial charge < -0.3 is 15.8 Å². The zero-order valence-corrected chi connectivity index (χ0v) is 10.2. The second-order valence-corrected chi connectivity index (χ2v) is 4.48. The van der Waals surface area contributed by atoms with E-state index >= 15 is 0 Å². The van der Waals surface area contributed by atoms with E-state index in [1.54, 1.807) is 6.92 Å². The topological polar surface area (TPSA) is 78.9 Å². The van der Waals surface area contributed by atoms with Crippen molar-refractivity contribution in [2.24, 2.45) is 16.8 Å². The third-order valence-corrected chi connectivity index (χ3v) is 3.44. The van der Waals surface area contributed by atoms with E-state index in [-0.39, 0.29) is 17.8 Å². The molecule has 16 heavy (non-hydrogen) atoms. The van der Waals surface area contributed by atoms with Crippen LogP contribution in [0.5, 0.6) is 0 Å². The number of carbonyl (C=O) groups excluding carboxylic acids is 1. The van der Waals surface area contributed by atoms with Crippen molar-refractivity contribution in [3.63, 3.8) is 0 Å². The molecule has 5 nitrogen and oxygen atoms in total. The number of hydrogen-bond donors (Lipinski definition) is 2. The van der Waals surface area contributed by atoms with E-state index in [1.807, 2.05) is 11.8 Å². The molecule has 0 aromatic heterocycles. The van der Waals surface area contributed by atoms with Crippen LogP contribution in [0, 0.1) is 5.92 Å². The molecule has 0 aliphatic carbocycles. The van der Waals surface area contributed by atoms with Gasteiger partial charge in [0, 0.05) is 12.1 Å². The zero-order valence-electron chi connectivity index (χ0n) is 10.2. The van der Waals surface area contributed by atoms with E-state index in [9.17, 15) is 4.79 Å². The zero-order chi connectivity index (χ0) is 12.3. The van der Waals surface area contributed by atoms with Gasteiger partial charge in [0.05, 0.1) is 5.92 Å². The molecule has 0 aromatic rings. The molecule has 1 heterocycles. The van der Waals surface area contributed by atoms with Crippen LogP contribution in [0.3, 0.4) is 0 Å². The Balaban J connectivity index is 2.79. The van der Waals surface area contributed by atoms with Gasteiger partial charge >= 0.3 is 0 Å². The van der Waals surface area contributed by atoms with Gasteiger partial charge in [0.15, 0.2) is 5.84 Å². The van der Waals surface area contributed by atoms with Crippen molar-refractivity contribution in [3.05, 3.63) is 0 Å². The summed E-state index contributed by atoms with van der Waals surface area (Å²) in [4.78, 5) is 14.1. The molecule has 0 bridgehead atoms. The van der Waals surface area contributed by atoms with Crippen molar-refractivity contribution in [1.82, 2.24) is 4.90 Å². The van der Waals surface area contributed by atoms with Crippen molar-refractivity contribution < 1.29 is 10.0 Å². The summed E-state index contributed by atoms with van der Waals surface area (Å²) < 4.78 is 0. The number of likely N-dealkylation sites (tertiary alicyclic amines) is 1. The van der Waals surface area contributed by atoms with E-state index in [0.717, 1.165) is 19.3 Å². The minimum atomic E-state index is -0.542. The molecule has 0 radical (unpaired) electrons. The number of rotatable bonds is 3. The van der Waals surface area contributed by atoms with E-state index in [4.69, 9.17) is 10.9 Å². The predicted molar refractivity (Wildman–Crippen MR) is 62.2 cm³/mol. The number of amides is 1. The molecule has 1 fully saturated rings. The van der Waals surface area contributed by atoms with Gasteiger partial charge in [0.2, 0.25) is 5.91 Å². The third kappa shape index (κ3) is 2.28. The molecule has 5 heteroatoms. The van der Waals surface area contributed by atoms with Crippen LogP contribution in [-0.2, 0) is 4.79 Å². The molecule has 92 valence electrons. The Bertz CT molecular complexity index is 291.